The van der Waals surface area contributed by atoms with Crippen LogP contribution in [0.5, 0.6) is 5.75 Å². The van der Waals surface area contributed by atoms with E-state index in [2.05, 4.69) is 19.1 Å². The predicted octanol–water partition coefficient (Wildman–Crippen LogP) is 3.19. The lowest BCUT2D eigenvalue weighted by Gasteiger charge is -2.39. The lowest BCUT2D eigenvalue weighted by molar-refractivity contribution is -0.142. The van der Waals surface area contributed by atoms with E-state index in [0.717, 1.165) is 18.7 Å². The predicted molar refractivity (Wildman–Crippen MR) is 76.3 cm³/mol. The molecule has 1 atom stereocenters. The molecule has 1 aliphatic heterocycles. The lowest BCUT2D eigenvalue weighted by Crippen LogP contribution is -2.44. The molecule has 0 aromatic heterocycles. The summed E-state index contributed by atoms with van der Waals surface area (Å²) in [5, 5.41) is 0. The number of hydrogen-bond acceptors (Lipinski definition) is 2. The fourth-order valence-electron chi connectivity index (χ4n) is 2.64. The van der Waals surface area contributed by atoms with E-state index in [9.17, 15) is 4.79 Å². The van der Waals surface area contributed by atoms with Crippen molar-refractivity contribution in [3.05, 3.63) is 29.3 Å². The second-order valence-electron chi connectivity index (χ2n) is 6.24. The molecule has 0 saturated carbocycles. The zero-order chi connectivity index (χ0) is 14.2. The minimum Gasteiger partial charge on any atom is -0.497 e. The maximum absolute atomic E-state index is 12.5. The average molecular weight is 261 g/mol. The molecule has 1 aliphatic rings. The molecule has 1 unspecified atom stereocenters. The Labute approximate surface area is 115 Å². The van der Waals surface area contributed by atoms with Gasteiger partial charge in [-0.1, -0.05) is 26.8 Å². The summed E-state index contributed by atoms with van der Waals surface area (Å²) in [6, 6.07) is 6.29. The van der Waals surface area contributed by atoms with Crippen molar-refractivity contribution in [3.8, 4) is 5.75 Å². The molecule has 0 radical (unpaired) electrons. The maximum atomic E-state index is 12.5. The highest BCUT2D eigenvalue weighted by Gasteiger charge is 2.33. The minimum absolute atomic E-state index is 0.140. The summed E-state index contributed by atoms with van der Waals surface area (Å²) >= 11 is 0. The largest absolute Gasteiger partial charge is 0.497 e. The molecular formula is C16H23NO2. The van der Waals surface area contributed by atoms with E-state index in [1.165, 1.54) is 11.1 Å². The van der Waals surface area contributed by atoms with Gasteiger partial charge in [-0.2, -0.15) is 0 Å². The number of benzene rings is 1. The van der Waals surface area contributed by atoms with Gasteiger partial charge in [-0.25, -0.2) is 0 Å². The fraction of sp³-hybridized carbons (Fsp3) is 0.562. The number of ether oxygens (including phenoxy) is 1. The number of hydrogen-bond donors (Lipinski definition) is 0. The maximum Gasteiger partial charge on any atom is 0.228 e. The fourth-order valence-corrected chi connectivity index (χ4v) is 2.64. The number of rotatable bonds is 1. The summed E-state index contributed by atoms with van der Waals surface area (Å²) in [5.41, 5.74) is 2.22. The highest BCUT2D eigenvalue weighted by atomic mass is 16.5. The second-order valence-corrected chi connectivity index (χ2v) is 6.24. The van der Waals surface area contributed by atoms with E-state index in [0.29, 0.717) is 0 Å². The number of carbonyl (C=O) groups is 1. The quantitative estimate of drug-likeness (QED) is 0.777. The van der Waals surface area contributed by atoms with Gasteiger partial charge < -0.3 is 9.64 Å². The van der Waals surface area contributed by atoms with E-state index < -0.39 is 0 Å². The van der Waals surface area contributed by atoms with Crippen molar-refractivity contribution in [2.75, 3.05) is 13.7 Å². The molecule has 104 valence electrons. The Morgan fingerprint density at radius 2 is 2.05 bits per heavy atom. The molecule has 0 fully saturated rings. The van der Waals surface area contributed by atoms with E-state index >= 15 is 0 Å². The van der Waals surface area contributed by atoms with Crippen LogP contribution in [0.15, 0.2) is 18.2 Å². The summed E-state index contributed by atoms with van der Waals surface area (Å²) < 4.78 is 5.26. The highest BCUT2D eigenvalue weighted by Crippen LogP contribution is 2.34. The number of nitrogens with zero attached hydrogens (tertiary/aromatic N) is 1. The summed E-state index contributed by atoms with van der Waals surface area (Å²) in [7, 11) is 1.68. The third-order valence-corrected chi connectivity index (χ3v) is 3.79. The number of methoxy groups -OCH3 is 1. The van der Waals surface area contributed by atoms with Crippen molar-refractivity contribution >= 4 is 5.91 Å². The van der Waals surface area contributed by atoms with Crippen LogP contribution in [0.1, 0.15) is 44.9 Å². The molecule has 1 amide bonds. The van der Waals surface area contributed by atoms with Crippen molar-refractivity contribution in [2.24, 2.45) is 5.41 Å². The zero-order valence-electron chi connectivity index (χ0n) is 12.5. The third kappa shape index (κ3) is 2.60. The Morgan fingerprint density at radius 1 is 1.37 bits per heavy atom. The van der Waals surface area contributed by atoms with Crippen LogP contribution >= 0.6 is 0 Å². The van der Waals surface area contributed by atoms with Crippen LogP contribution in [0.2, 0.25) is 0 Å². The number of fused-ring (bicyclic) bond motifs is 1. The zero-order valence-corrected chi connectivity index (χ0v) is 12.5. The van der Waals surface area contributed by atoms with Gasteiger partial charge in [-0.3, -0.25) is 4.79 Å². The summed E-state index contributed by atoms with van der Waals surface area (Å²) in [5.74, 6) is 1.11. The van der Waals surface area contributed by atoms with Gasteiger partial charge in [0, 0.05) is 12.0 Å². The van der Waals surface area contributed by atoms with Crippen LogP contribution in [-0.2, 0) is 11.2 Å². The molecular weight excluding hydrogens is 238 g/mol. The van der Waals surface area contributed by atoms with Crippen LogP contribution in [0.4, 0.5) is 0 Å². The first-order valence-electron chi connectivity index (χ1n) is 6.82. The van der Waals surface area contributed by atoms with Gasteiger partial charge in [0.2, 0.25) is 5.91 Å². The SMILES string of the molecule is COc1ccc2c(c1)CCN(C(=O)C(C)(C)C)C2C. The molecule has 3 heteroatoms. The van der Waals surface area contributed by atoms with Gasteiger partial charge in [0.15, 0.2) is 0 Å². The van der Waals surface area contributed by atoms with E-state index in [1.54, 1.807) is 7.11 Å². The Balaban J connectivity index is 2.30. The molecule has 19 heavy (non-hydrogen) atoms. The molecule has 1 heterocycles. The van der Waals surface area contributed by atoms with Crippen molar-refractivity contribution in [1.82, 2.24) is 4.90 Å². The number of amides is 1. The molecule has 0 spiro atoms. The smallest absolute Gasteiger partial charge is 0.228 e. The number of carbonyl (C=O) groups excluding carboxylic acids is 1. The topological polar surface area (TPSA) is 29.5 Å². The Bertz CT molecular complexity index is 488. The van der Waals surface area contributed by atoms with Gasteiger partial charge in [-0.15, -0.1) is 0 Å². The lowest BCUT2D eigenvalue weighted by atomic mass is 9.88. The first-order valence-corrected chi connectivity index (χ1v) is 6.82. The Kier molecular flexibility index (Phi) is 3.57. The van der Waals surface area contributed by atoms with Crippen LogP contribution in [0.25, 0.3) is 0 Å². The molecule has 0 aliphatic carbocycles. The normalized spacial score (nSPS) is 19.0. The van der Waals surface area contributed by atoms with Gasteiger partial charge in [0.1, 0.15) is 5.75 Å². The van der Waals surface area contributed by atoms with Gasteiger partial charge in [0.25, 0.3) is 0 Å². The van der Waals surface area contributed by atoms with Gasteiger partial charge in [-0.05, 0) is 36.6 Å². The molecule has 0 N–H and O–H groups in total. The van der Waals surface area contributed by atoms with Gasteiger partial charge in [0.05, 0.1) is 13.2 Å². The van der Waals surface area contributed by atoms with E-state index in [1.807, 2.05) is 31.7 Å². The summed E-state index contributed by atoms with van der Waals surface area (Å²) in [6.45, 7) is 8.83. The monoisotopic (exact) mass is 261 g/mol. The van der Waals surface area contributed by atoms with Crippen LogP contribution in [0.3, 0.4) is 0 Å². The average Bonchev–Trinajstić information content (AvgIpc) is 2.37. The van der Waals surface area contributed by atoms with Crippen molar-refractivity contribution in [2.45, 2.75) is 40.2 Å². The second kappa shape index (κ2) is 4.87. The van der Waals surface area contributed by atoms with Crippen molar-refractivity contribution < 1.29 is 9.53 Å². The molecule has 0 saturated heterocycles. The summed E-state index contributed by atoms with van der Waals surface area (Å²) in [6.07, 6.45) is 0.901. The molecule has 3 nitrogen and oxygen atoms in total. The standard InChI is InChI=1S/C16H23NO2/c1-11-14-7-6-13(19-5)10-12(14)8-9-17(11)15(18)16(2,3)4/h6-7,10-11H,8-9H2,1-5H3. The van der Waals surface area contributed by atoms with Crippen LogP contribution in [0, 0.1) is 5.41 Å². The first-order chi connectivity index (χ1) is 8.84. The Morgan fingerprint density at radius 3 is 2.63 bits per heavy atom. The third-order valence-electron chi connectivity index (χ3n) is 3.79. The summed E-state index contributed by atoms with van der Waals surface area (Å²) in [4.78, 5) is 14.5. The first kappa shape index (κ1) is 13.9. The molecule has 1 aromatic rings. The molecule has 0 bridgehead atoms. The highest BCUT2D eigenvalue weighted by molar-refractivity contribution is 5.82. The van der Waals surface area contributed by atoms with Crippen LogP contribution in [-0.4, -0.2) is 24.5 Å². The Hall–Kier alpha value is -1.51. The van der Waals surface area contributed by atoms with Crippen LogP contribution < -0.4 is 4.74 Å². The molecule has 1 aromatic carbocycles. The van der Waals surface area contributed by atoms with Crippen molar-refractivity contribution in [1.29, 1.82) is 0 Å². The van der Waals surface area contributed by atoms with Gasteiger partial charge >= 0.3 is 0 Å². The van der Waals surface area contributed by atoms with E-state index in [4.69, 9.17) is 4.74 Å². The van der Waals surface area contributed by atoms with E-state index in [-0.39, 0.29) is 17.4 Å². The minimum atomic E-state index is -0.321. The molecule has 2 rings (SSSR count). The van der Waals surface area contributed by atoms with Crippen molar-refractivity contribution in [3.63, 3.8) is 0 Å².